The van der Waals surface area contributed by atoms with Gasteiger partial charge in [0.15, 0.2) is 0 Å². The first-order valence-corrected chi connectivity index (χ1v) is 6.27. The molecule has 0 aliphatic rings. The fraction of sp³-hybridized carbons (Fsp3) is 0.467. The maximum Gasteiger partial charge on any atom is 0.118 e. The standard InChI is InChI=1S/C15H22O3/c1-3-14(16)6-4-5-11-18-12-13-7-9-15(17-2)10-8-13/h3,7-10,14,16H,1,4-6,11-12H2,2H3/t14-/m0/s1. The zero-order valence-electron chi connectivity index (χ0n) is 11.0. The van der Waals surface area contributed by atoms with Crippen molar-refractivity contribution in [3.63, 3.8) is 0 Å². The number of rotatable bonds is 9. The summed E-state index contributed by atoms with van der Waals surface area (Å²) in [6, 6.07) is 7.86. The predicted octanol–water partition coefficient (Wildman–Crippen LogP) is 2.93. The molecular formula is C15H22O3. The summed E-state index contributed by atoms with van der Waals surface area (Å²) in [6.45, 7) is 4.88. The summed E-state index contributed by atoms with van der Waals surface area (Å²) in [6.07, 6.45) is 3.86. The third-order valence-electron chi connectivity index (χ3n) is 2.74. The molecule has 1 aromatic rings. The van der Waals surface area contributed by atoms with E-state index >= 15 is 0 Å². The van der Waals surface area contributed by atoms with Gasteiger partial charge < -0.3 is 14.6 Å². The molecule has 0 saturated carbocycles. The van der Waals surface area contributed by atoms with Crippen molar-refractivity contribution in [2.24, 2.45) is 0 Å². The van der Waals surface area contributed by atoms with Crippen LogP contribution in [-0.4, -0.2) is 24.9 Å². The molecule has 1 N–H and O–H groups in total. The van der Waals surface area contributed by atoms with Crippen molar-refractivity contribution in [1.82, 2.24) is 0 Å². The smallest absolute Gasteiger partial charge is 0.118 e. The van der Waals surface area contributed by atoms with Gasteiger partial charge in [0.1, 0.15) is 5.75 Å². The molecule has 0 radical (unpaired) electrons. The van der Waals surface area contributed by atoms with E-state index in [0.29, 0.717) is 6.61 Å². The number of aliphatic hydroxyl groups excluding tert-OH is 1. The average molecular weight is 250 g/mol. The molecule has 1 atom stereocenters. The van der Waals surface area contributed by atoms with E-state index < -0.39 is 0 Å². The lowest BCUT2D eigenvalue weighted by atomic mass is 10.1. The first-order valence-electron chi connectivity index (χ1n) is 6.27. The molecule has 0 fully saturated rings. The van der Waals surface area contributed by atoms with E-state index in [1.807, 2.05) is 24.3 Å². The number of aliphatic hydroxyl groups is 1. The van der Waals surface area contributed by atoms with Crippen LogP contribution in [-0.2, 0) is 11.3 Å². The third-order valence-corrected chi connectivity index (χ3v) is 2.74. The molecule has 100 valence electrons. The molecular weight excluding hydrogens is 228 g/mol. The summed E-state index contributed by atoms with van der Waals surface area (Å²) >= 11 is 0. The molecule has 0 aliphatic carbocycles. The maximum atomic E-state index is 9.27. The quantitative estimate of drug-likeness (QED) is 0.541. The van der Waals surface area contributed by atoms with Crippen molar-refractivity contribution in [1.29, 1.82) is 0 Å². The van der Waals surface area contributed by atoms with E-state index in [4.69, 9.17) is 9.47 Å². The van der Waals surface area contributed by atoms with E-state index in [2.05, 4.69) is 6.58 Å². The van der Waals surface area contributed by atoms with Gasteiger partial charge in [0.2, 0.25) is 0 Å². The Labute approximate surface area is 109 Å². The van der Waals surface area contributed by atoms with Crippen molar-refractivity contribution in [2.45, 2.75) is 32.0 Å². The number of ether oxygens (including phenoxy) is 2. The van der Waals surface area contributed by atoms with E-state index in [-0.39, 0.29) is 6.10 Å². The van der Waals surface area contributed by atoms with Crippen molar-refractivity contribution in [3.8, 4) is 5.75 Å². The summed E-state index contributed by atoms with van der Waals surface area (Å²) in [5.41, 5.74) is 1.14. The molecule has 0 bridgehead atoms. The summed E-state index contributed by atoms with van der Waals surface area (Å²) in [5, 5.41) is 9.27. The van der Waals surface area contributed by atoms with E-state index in [1.54, 1.807) is 13.2 Å². The summed E-state index contributed by atoms with van der Waals surface area (Å²) in [7, 11) is 1.66. The van der Waals surface area contributed by atoms with Gasteiger partial charge in [-0.25, -0.2) is 0 Å². The molecule has 0 aromatic heterocycles. The number of hydrogen-bond donors (Lipinski definition) is 1. The van der Waals surface area contributed by atoms with Gasteiger partial charge in [0, 0.05) is 6.61 Å². The Morgan fingerprint density at radius 3 is 2.61 bits per heavy atom. The van der Waals surface area contributed by atoms with Crippen LogP contribution in [0.1, 0.15) is 24.8 Å². The Kier molecular flexibility index (Phi) is 7.14. The Morgan fingerprint density at radius 2 is 2.00 bits per heavy atom. The Hall–Kier alpha value is -1.32. The van der Waals surface area contributed by atoms with Crippen LogP contribution in [0.25, 0.3) is 0 Å². The molecule has 18 heavy (non-hydrogen) atoms. The van der Waals surface area contributed by atoms with Gasteiger partial charge >= 0.3 is 0 Å². The Balaban J connectivity index is 2.08. The van der Waals surface area contributed by atoms with E-state index in [9.17, 15) is 5.11 Å². The van der Waals surface area contributed by atoms with E-state index in [0.717, 1.165) is 37.2 Å². The topological polar surface area (TPSA) is 38.7 Å². The SMILES string of the molecule is C=C[C@H](O)CCCCOCc1ccc(OC)cc1. The number of hydrogen-bond acceptors (Lipinski definition) is 3. The normalized spacial score (nSPS) is 12.1. The minimum absolute atomic E-state index is 0.383. The second kappa shape index (κ2) is 8.72. The lowest BCUT2D eigenvalue weighted by Crippen LogP contribution is -2.02. The number of methoxy groups -OCH3 is 1. The molecule has 3 nitrogen and oxygen atoms in total. The highest BCUT2D eigenvalue weighted by Crippen LogP contribution is 2.12. The molecule has 0 amide bonds. The second-order valence-corrected chi connectivity index (χ2v) is 4.20. The average Bonchev–Trinajstić information content (AvgIpc) is 2.43. The van der Waals surface area contributed by atoms with Crippen LogP contribution >= 0.6 is 0 Å². The zero-order valence-corrected chi connectivity index (χ0v) is 11.0. The minimum Gasteiger partial charge on any atom is -0.497 e. The van der Waals surface area contributed by atoms with Gasteiger partial charge in [0.05, 0.1) is 19.8 Å². The maximum absolute atomic E-state index is 9.27. The Morgan fingerprint density at radius 1 is 1.28 bits per heavy atom. The highest BCUT2D eigenvalue weighted by Gasteiger charge is 1.98. The van der Waals surface area contributed by atoms with E-state index in [1.165, 1.54) is 0 Å². The lowest BCUT2D eigenvalue weighted by Gasteiger charge is -2.07. The summed E-state index contributed by atoms with van der Waals surface area (Å²) < 4.78 is 10.6. The minimum atomic E-state index is -0.383. The number of benzene rings is 1. The Bertz CT molecular complexity index is 332. The first-order chi connectivity index (χ1) is 8.76. The summed E-state index contributed by atoms with van der Waals surface area (Å²) in [5.74, 6) is 0.858. The molecule has 3 heteroatoms. The summed E-state index contributed by atoms with van der Waals surface area (Å²) in [4.78, 5) is 0. The highest BCUT2D eigenvalue weighted by molar-refractivity contribution is 5.26. The third kappa shape index (κ3) is 5.84. The van der Waals surface area contributed by atoms with Crippen molar-refractivity contribution >= 4 is 0 Å². The van der Waals surface area contributed by atoms with Crippen LogP contribution in [0.3, 0.4) is 0 Å². The largest absolute Gasteiger partial charge is 0.497 e. The van der Waals surface area contributed by atoms with Gasteiger partial charge in [-0.05, 0) is 37.0 Å². The fourth-order valence-corrected chi connectivity index (χ4v) is 1.59. The lowest BCUT2D eigenvalue weighted by molar-refractivity contribution is 0.113. The van der Waals surface area contributed by atoms with Crippen LogP contribution in [0.5, 0.6) is 5.75 Å². The fourth-order valence-electron chi connectivity index (χ4n) is 1.59. The van der Waals surface area contributed by atoms with Crippen LogP contribution in [0, 0.1) is 0 Å². The number of unbranched alkanes of at least 4 members (excludes halogenated alkanes) is 1. The molecule has 0 heterocycles. The zero-order chi connectivity index (χ0) is 13.2. The highest BCUT2D eigenvalue weighted by atomic mass is 16.5. The first kappa shape index (κ1) is 14.7. The molecule has 0 unspecified atom stereocenters. The molecule has 1 rings (SSSR count). The van der Waals surface area contributed by atoms with Gasteiger partial charge in [-0.3, -0.25) is 0 Å². The predicted molar refractivity (Wildman–Crippen MR) is 72.7 cm³/mol. The van der Waals surface area contributed by atoms with Crippen molar-refractivity contribution in [3.05, 3.63) is 42.5 Å². The second-order valence-electron chi connectivity index (χ2n) is 4.20. The molecule has 1 aromatic carbocycles. The van der Waals surface area contributed by atoms with Crippen molar-refractivity contribution < 1.29 is 14.6 Å². The van der Waals surface area contributed by atoms with Gasteiger partial charge in [-0.1, -0.05) is 18.2 Å². The van der Waals surface area contributed by atoms with Crippen LogP contribution in [0.15, 0.2) is 36.9 Å². The van der Waals surface area contributed by atoms with Crippen LogP contribution in [0.2, 0.25) is 0 Å². The monoisotopic (exact) mass is 250 g/mol. The van der Waals surface area contributed by atoms with Crippen LogP contribution in [0.4, 0.5) is 0 Å². The molecule has 0 aliphatic heterocycles. The molecule has 0 spiro atoms. The van der Waals surface area contributed by atoms with Gasteiger partial charge in [-0.2, -0.15) is 0 Å². The van der Waals surface area contributed by atoms with Crippen LogP contribution < -0.4 is 4.74 Å². The van der Waals surface area contributed by atoms with Gasteiger partial charge in [0.25, 0.3) is 0 Å². The van der Waals surface area contributed by atoms with Crippen molar-refractivity contribution in [2.75, 3.05) is 13.7 Å². The van der Waals surface area contributed by atoms with Gasteiger partial charge in [-0.15, -0.1) is 6.58 Å². The molecule has 0 saturated heterocycles.